The van der Waals surface area contributed by atoms with Gasteiger partial charge in [-0.05, 0) is 13.3 Å². The lowest BCUT2D eigenvalue weighted by Gasteiger charge is -2.10. The van der Waals surface area contributed by atoms with Crippen molar-refractivity contribution >= 4 is 32.7 Å². The highest BCUT2D eigenvalue weighted by molar-refractivity contribution is 7.22. The Morgan fingerprint density at radius 2 is 2.22 bits per heavy atom. The van der Waals surface area contributed by atoms with E-state index in [1.54, 1.807) is 20.9 Å². The van der Waals surface area contributed by atoms with Crippen LogP contribution in [0.15, 0.2) is 0 Å². The van der Waals surface area contributed by atoms with Crippen LogP contribution in [0.1, 0.15) is 12.1 Å². The number of carbonyl (C=O) groups excluding carboxylic acids is 1. The van der Waals surface area contributed by atoms with E-state index >= 15 is 0 Å². The van der Waals surface area contributed by atoms with E-state index in [-0.39, 0.29) is 11.9 Å². The van der Waals surface area contributed by atoms with Gasteiger partial charge in [0.05, 0.1) is 10.4 Å². The van der Waals surface area contributed by atoms with Gasteiger partial charge in [0.2, 0.25) is 5.91 Å². The molecule has 6 nitrogen and oxygen atoms in total. The van der Waals surface area contributed by atoms with Crippen molar-refractivity contribution in [2.24, 2.45) is 7.05 Å². The van der Waals surface area contributed by atoms with Gasteiger partial charge in [-0.2, -0.15) is 5.10 Å². The van der Waals surface area contributed by atoms with E-state index in [0.29, 0.717) is 0 Å². The molecule has 1 saturated heterocycles. The molecular formula is C11H15N5OS. The zero-order valence-electron chi connectivity index (χ0n) is 10.6. The van der Waals surface area contributed by atoms with Crippen LogP contribution in [0.2, 0.25) is 0 Å². The largest absolute Gasteiger partial charge is 0.350 e. The van der Waals surface area contributed by atoms with Crippen LogP contribution < -0.4 is 5.32 Å². The summed E-state index contributed by atoms with van der Waals surface area (Å²) in [7, 11) is 3.71. The molecule has 0 unspecified atom stereocenters. The van der Waals surface area contributed by atoms with E-state index in [2.05, 4.69) is 15.4 Å². The number of aryl methyl sites for hydroxylation is 2. The van der Waals surface area contributed by atoms with Crippen LogP contribution in [-0.4, -0.2) is 45.2 Å². The van der Waals surface area contributed by atoms with Crippen LogP contribution in [0, 0.1) is 6.92 Å². The molecule has 0 bridgehead atoms. The molecule has 0 radical (unpaired) electrons. The number of nitrogens with zero attached hydrogens (tertiary/aromatic N) is 4. The summed E-state index contributed by atoms with van der Waals surface area (Å²) in [6, 6.07) is -0.135. The Kier molecular flexibility index (Phi) is 2.51. The van der Waals surface area contributed by atoms with Gasteiger partial charge >= 0.3 is 0 Å². The average molecular weight is 265 g/mol. The van der Waals surface area contributed by atoms with Crippen LogP contribution >= 0.6 is 11.3 Å². The number of likely N-dealkylation sites (N-methyl/N-ethyl adjacent to an activating group) is 1. The Balaban J connectivity index is 1.87. The zero-order chi connectivity index (χ0) is 12.9. The first-order chi connectivity index (χ1) is 8.56. The summed E-state index contributed by atoms with van der Waals surface area (Å²) >= 11 is 1.56. The van der Waals surface area contributed by atoms with Crippen molar-refractivity contribution in [3.63, 3.8) is 0 Å². The molecule has 0 spiro atoms. The first-order valence-corrected chi connectivity index (χ1v) is 6.69. The fraction of sp³-hybridized carbons (Fsp3) is 0.545. The summed E-state index contributed by atoms with van der Waals surface area (Å²) in [5, 5.41) is 8.34. The topological polar surface area (TPSA) is 63.1 Å². The number of hydrogen-bond acceptors (Lipinski definition) is 5. The number of rotatable bonds is 2. The van der Waals surface area contributed by atoms with Gasteiger partial charge in [0.25, 0.3) is 0 Å². The third kappa shape index (κ3) is 1.66. The molecule has 1 atom stereocenters. The van der Waals surface area contributed by atoms with Crippen molar-refractivity contribution in [2.75, 3.05) is 18.9 Å². The van der Waals surface area contributed by atoms with Crippen molar-refractivity contribution in [3.8, 4) is 0 Å². The number of amides is 1. The van der Waals surface area contributed by atoms with Gasteiger partial charge < -0.3 is 10.2 Å². The van der Waals surface area contributed by atoms with Gasteiger partial charge in [-0.15, -0.1) is 0 Å². The van der Waals surface area contributed by atoms with E-state index in [0.717, 1.165) is 34.1 Å². The first kappa shape index (κ1) is 11.5. The minimum Gasteiger partial charge on any atom is -0.350 e. The first-order valence-electron chi connectivity index (χ1n) is 5.88. The van der Waals surface area contributed by atoms with Gasteiger partial charge in [-0.25, -0.2) is 9.67 Å². The van der Waals surface area contributed by atoms with Gasteiger partial charge in [0, 0.05) is 20.6 Å². The molecule has 1 aliphatic heterocycles. The zero-order valence-corrected chi connectivity index (χ0v) is 11.4. The van der Waals surface area contributed by atoms with Crippen molar-refractivity contribution in [3.05, 3.63) is 5.69 Å². The molecule has 3 heterocycles. The highest BCUT2D eigenvalue weighted by Gasteiger charge is 2.29. The Labute approximate surface area is 109 Å². The quantitative estimate of drug-likeness (QED) is 0.879. The number of fused-ring (bicyclic) bond motifs is 1. The van der Waals surface area contributed by atoms with Gasteiger partial charge in [-0.1, -0.05) is 11.3 Å². The number of aromatic nitrogens is 3. The maximum absolute atomic E-state index is 11.8. The molecule has 0 aliphatic carbocycles. The SMILES string of the molecule is Cc1nn(C)c2nc(N[C@H]3CCN(C)C3=O)sc12. The van der Waals surface area contributed by atoms with Gasteiger partial charge in [0.15, 0.2) is 10.8 Å². The molecule has 0 aromatic carbocycles. The van der Waals surface area contributed by atoms with Crippen LogP contribution in [0.4, 0.5) is 5.13 Å². The van der Waals surface area contributed by atoms with E-state index in [1.165, 1.54) is 0 Å². The molecule has 0 saturated carbocycles. The smallest absolute Gasteiger partial charge is 0.244 e. The lowest BCUT2D eigenvalue weighted by atomic mass is 10.2. The second-order valence-corrected chi connectivity index (χ2v) is 5.63. The summed E-state index contributed by atoms with van der Waals surface area (Å²) < 4.78 is 2.85. The summed E-state index contributed by atoms with van der Waals surface area (Å²) in [5.74, 6) is 0.143. The Bertz CT molecular complexity index is 582. The van der Waals surface area contributed by atoms with E-state index < -0.39 is 0 Å². The predicted molar refractivity (Wildman–Crippen MR) is 70.8 cm³/mol. The van der Waals surface area contributed by atoms with Gasteiger partial charge in [0.1, 0.15) is 6.04 Å². The monoisotopic (exact) mass is 265 g/mol. The molecule has 1 fully saturated rings. The summed E-state index contributed by atoms with van der Waals surface area (Å²) in [5.41, 5.74) is 1.85. The van der Waals surface area contributed by atoms with Crippen molar-refractivity contribution < 1.29 is 4.79 Å². The van der Waals surface area contributed by atoms with E-state index in [9.17, 15) is 4.79 Å². The maximum Gasteiger partial charge on any atom is 0.244 e. The van der Waals surface area contributed by atoms with Crippen molar-refractivity contribution in [1.29, 1.82) is 0 Å². The van der Waals surface area contributed by atoms with Gasteiger partial charge in [-0.3, -0.25) is 4.79 Å². The molecule has 1 N–H and O–H groups in total. The average Bonchev–Trinajstić information content (AvgIpc) is 2.94. The van der Waals surface area contributed by atoms with E-state index in [1.807, 2.05) is 21.0 Å². The lowest BCUT2D eigenvalue weighted by molar-refractivity contribution is -0.127. The predicted octanol–water partition coefficient (Wildman–Crippen LogP) is 0.981. The van der Waals surface area contributed by atoms with Crippen molar-refractivity contribution in [2.45, 2.75) is 19.4 Å². The van der Waals surface area contributed by atoms with Crippen LogP contribution in [0.25, 0.3) is 10.3 Å². The number of hydrogen-bond donors (Lipinski definition) is 1. The fourth-order valence-corrected chi connectivity index (χ4v) is 3.24. The molecule has 2 aromatic rings. The number of carbonyl (C=O) groups is 1. The standard InChI is InChI=1S/C11H15N5OS/c1-6-8-9(16(3)14-6)13-11(18-8)12-7-4-5-15(2)10(7)17/h7H,4-5H2,1-3H3,(H,12,13)/t7-/m0/s1. The fourth-order valence-electron chi connectivity index (χ4n) is 2.25. The second-order valence-electron chi connectivity index (χ2n) is 4.63. The molecule has 1 aliphatic rings. The number of nitrogens with one attached hydrogen (secondary N) is 1. The van der Waals surface area contributed by atoms with Crippen LogP contribution in [0.5, 0.6) is 0 Å². The summed E-state index contributed by atoms with van der Waals surface area (Å²) in [4.78, 5) is 18.1. The Hall–Kier alpha value is -1.63. The van der Waals surface area contributed by atoms with Crippen LogP contribution in [0.3, 0.4) is 0 Å². The summed E-state index contributed by atoms with van der Waals surface area (Å²) in [6.07, 6.45) is 0.836. The molecule has 96 valence electrons. The minimum atomic E-state index is -0.135. The number of anilines is 1. The molecule has 1 amide bonds. The maximum atomic E-state index is 11.8. The minimum absolute atomic E-state index is 0.135. The Morgan fingerprint density at radius 3 is 2.83 bits per heavy atom. The second kappa shape index (κ2) is 3.94. The number of thiazole rings is 1. The molecule has 7 heteroatoms. The molecular weight excluding hydrogens is 250 g/mol. The van der Waals surface area contributed by atoms with Crippen LogP contribution in [-0.2, 0) is 11.8 Å². The highest BCUT2D eigenvalue weighted by atomic mass is 32.1. The molecule has 2 aromatic heterocycles. The Morgan fingerprint density at radius 1 is 1.44 bits per heavy atom. The molecule has 3 rings (SSSR count). The molecule has 18 heavy (non-hydrogen) atoms. The third-order valence-electron chi connectivity index (χ3n) is 3.27. The summed E-state index contributed by atoms with van der Waals surface area (Å²) in [6.45, 7) is 2.78. The highest BCUT2D eigenvalue weighted by Crippen LogP contribution is 2.29. The normalized spacial score (nSPS) is 20.1. The lowest BCUT2D eigenvalue weighted by Crippen LogP contribution is -2.30. The van der Waals surface area contributed by atoms with E-state index in [4.69, 9.17) is 0 Å². The third-order valence-corrected chi connectivity index (χ3v) is 4.35. The van der Waals surface area contributed by atoms with Crippen molar-refractivity contribution in [1.82, 2.24) is 19.7 Å². The number of likely N-dealkylation sites (tertiary alicyclic amines) is 1.